The van der Waals surface area contributed by atoms with Gasteiger partial charge in [-0.25, -0.2) is 9.78 Å². The Balaban J connectivity index is 1.85. The lowest BCUT2D eigenvalue weighted by atomic mass is 10.0. The maximum Gasteiger partial charge on any atom is 0.337 e. The highest BCUT2D eigenvalue weighted by Gasteiger charge is 2.20. The van der Waals surface area contributed by atoms with E-state index in [0.717, 1.165) is 19.5 Å². The molecule has 0 radical (unpaired) electrons. The molecule has 0 bridgehead atoms. The van der Waals surface area contributed by atoms with Crippen LogP contribution in [0.1, 0.15) is 30.1 Å². The molecule has 1 aliphatic rings. The van der Waals surface area contributed by atoms with Crippen molar-refractivity contribution in [3.63, 3.8) is 0 Å². The molecular weight excluding hydrogens is 276 g/mol. The summed E-state index contributed by atoms with van der Waals surface area (Å²) in [6, 6.07) is 3.14. The number of likely N-dealkylation sites (tertiary alicyclic amines) is 1. The number of carboxylic acid groups (broad SMARTS) is 1. The minimum absolute atomic E-state index is 0.130. The van der Waals surface area contributed by atoms with Crippen LogP contribution in [0.2, 0.25) is 0 Å². The van der Waals surface area contributed by atoms with Crippen LogP contribution in [0.4, 0.5) is 0 Å². The zero-order valence-electron chi connectivity index (χ0n) is 11.4. The Hall–Kier alpha value is -1.56. The molecule has 2 rings (SSSR count). The van der Waals surface area contributed by atoms with Gasteiger partial charge in [0.05, 0.1) is 16.3 Å². The first-order chi connectivity index (χ1) is 9.56. The van der Waals surface area contributed by atoms with E-state index in [4.69, 9.17) is 5.11 Å². The number of pyridine rings is 1. The molecule has 108 valence electrons. The third kappa shape index (κ3) is 3.96. The molecule has 20 heavy (non-hydrogen) atoms. The maximum absolute atomic E-state index is 12.1. The van der Waals surface area contributed by atoms with Crippen LogP contribution in [0.5, 0.6) is 0 Å². The second-order valence-electron chi connectivity index (χ2n) is 5.07. The standard InChI is InChI=1S/C14H18N2O3S/c1-10-3-2-6-16(8-10)13(17)9-20-12-5-4-11(7-15-12)14(18)19/h4-5,7,10H,2-3,6,8-9H2,1H3,(H,18,19). The van der Waals surface area contributed by atoms with E-state index in [-0.39, 0.29) is 11.5 Å². The fourth-order valence-electron chi connectivity index (χ4n) is 2.24. The molecule has 1 aromatic heterocycles. The summed E-state index contributed by atoms with van der Waals surface area (Å²) in [6.07, 6.45) is 3.58. The zero-order valence-corrected chi connectivity index (χ0v) is 12.2. The van der Waals surface area contributed by atoms with Gasteiger partial charge >= 0.3 is 5.97 Å². The summed E-state index contributed by atoms with van der Waals surface area (Å²) in [5.41, 5.74) is 0.158. The van der Waals surface area contributed by atoms with Crippen molar-refractivity contribution in [3.05, 3.63) is 23.9 Å². The predicted molar refractivity (Wildman–Crippen MR) is 76.9 cm³/mol. The smallest absolute Gasteiger partial charge is 0.337 e. The van der Waals surface area contributed by atoms with Crippen molar-refractivity contribution in [1.29, 1.82) is 0 Å². The molecular formula is C14H18N2O3S. The van der Waals surface area contributed by atoms with Crippen molar-refractivity contribution in [1.82, 2.24) is 9.88 Å². The van der Waals surface area contributed by atoms with Gasteiger partial charge in [-0.2, -0.15) is 0 Å². The third-order valence-corrected chi connectivity index (χ3v) is 4.27. The molecule has 0 aliphatic carbocycles. The topological polar surface area (TPSA) is 70.5 Å². The number of carbonyl (C=O) groups is 2. The highest BCUT2D eigenvalue weighted by molar-refractivity contribution is 7.99. The molecule has 1 atom stereocenters. The fourth-order valence-corrected chi connectivity index (χ4v) is 2.98. The van der Waals surface area contributed by atoms with Gasteiger partial charge in [-0.1, -0.05) is 18.7 Å². The second kappa shape index (κ2) is 6.74. The average Bonchev–Trinajstić information content (AvgIpc) is 2.45. The van der Waals surface area contributed by atoms with Crippen molar-refractivity contribution in [2.24, 2.45) is 5.92 Å². The van der Waals surface area contributed by atoms with Crippen molar-refractivity contribution >= 4 is 23.6 Å². The van der Waals surface area contributed by atoms with E-state index in [1.807, 2.05) is 4.90 Å². The Bertz CT molecular complexity index is 490. The molecule has 2 heterocycles. The van der Waals surface area contributed by atoms with Crippen LogP contribution < -0.4 is 0 Å². The van der Waals surface area contributed by atoms with Gasteiger partial charge < -0.3 is 10.0 Å². The number of thioether (sulfide) groups is 1. The van der Waals surface area contributed by atoms with Gasteiger partial charge in [-0.3, -0.25) is 4.79 Å². The van der Waals surface area contributed by atoms with Crippen LogP contribution in [0.25, 0.3) is 0 Å². The second-order valence-corrected chi connectivity index (χ2v) is 6.06. The summed E-state index contributed by atoms with van der Waals surface area (Å²) >= 11 is 1.35. The van der Waals surface area contributed by atoms with E-state index >= 15 is 0 Å². The van der Waals surface area contributed by atoms with Gasteiger partial charge in [-0.15, -0.1) is 0 Å². The number of nitrogens with zero attached hydrogens (tertiary/aromatic N) is 2. The molecule has 1 unspecified atom stereocenters. The number of hydrogen-bond donors (Lipinski definition) is 1. The van der Waals surface area contributed by atoms with Gasteiger partial charge in [0.25, 0.3) is 0 Å². The predicted octanol–water partition coefficient (Wildman–Crippen LogP) is 2.13. The van der Waals surface area contributed by atoms with Crippen molar-refractivity contribution in [3.8, 4) is 0 Å². The van der Waals surface area contributed by atoms with Crippen molar-refractivity contribution in [2.45, 2.75) is 24.8 Å². The van der Waals surface area contributed by atoms with Gasteiger partial charge in [0.1, 0.15) is 0 Å². The SMILES string of the molecule is CC1CCCN(C(=O)CSc2ccc(C(=O)O)cn2)C1. The quantitative estimate of drug-likeness (QED) is 0.861. The Morgan fingerprint density at radius 3 is 2.90 bits per heavy atom. The summed E-state index contributed by atoms with van der Waals surface area (Å²) in [4.78, 5) is 28.7. The summed E-state index contributed by atoms with van der Waals surface area (Å²) in [7, 11) is 0. The molecule has 0 spiro atoms. The van der Waals surface area contributed by atoms with Gasteiger partial charge in [-0.05, 0) is 30.9 Å². The first-order valence-electron chi connectivity index (χ1n) is 6.66. The number of hydrogen-bond acceptors (Lipinski definition) is 4. The van der Waals surface area contributed by atoms with Crippen LogP contribution in [0.15, 0.2) is 23.4 Å². The van der Waals surface area contributed by atoms with E-state index in [1.165, 1.54) is 30.4 Å². The Labute approximate surface area is 122 Å². The lowest BCUT2D eigenvalue weighted by Crippen LogP contribution is -2.40. The van der Waals surface area contributed by atoms with Crippen LogP contribution in [-0.2, 0) is 4.79 Å². The Morgan fingerprint density at radius 2 is 2.30 bits per heavy atom. The van der Waals surface area contributed by atoms with Crippen LogP contribution in [-0.4, -0.2) is 45.7 Å². The lowest BCUT2D eigenvalue weighted by Gasteiger charge is -2.30. The average molecular weight is 294 g/mol. The van der Waals surface area contributed by atoms with Crippen molar-refractivity contribution < 1.29 is 14.7 Å². The molecule has 0 aromatic carbocycles. The Morgan fingerprint density at radius 1 is 1.50 bits per heavy atom. The fraction of sp³-hybridized carbons (Fsp3) is 0.500. The van der Waals surface area contributed by atoms with Crippen LogP contribution in [0.3, 0.4) is 0 Å². The van der Waals surface area contributed by atoms with E-state index in [1.54, 1.807) is 6.07 Å². The molecule has 6 heteroatoms. The number of aromatic nitrogens is 1. The number of aromatic carboxylic acids is 1. The normalized spacial score (nSPS) is 18.9. The van der Waals surface area contributed by atoms with Crippen molar-refractivity contribution in [2.75, 3.05) is 18.8 Å². The number of carbonyl (C=O) groups excluding carboxylic acids is 1. The largest absolute Gasteiger partial charge is 0.478 e. The number of piperidine rings is 1. The van der Waals surface area contributed by atoms with E-state index in [9.17, 15) is 9.59 Å². The molecule has 1 aromatic rings. The number of amides is 1. The first kappa shape index (κ1) is 14.8. The van der Waals surface area contributed by atoms with Crippen LogP contribution >= 0.6 is 11.8 Å². The molecule has 5 nitrogen and oxygen atoms in total. The summed E-state index contributed by atoms with van der Waals surface area (Å²) in [6.45, 7) is 3.85. The highest BCUT2D eigenvalue weighted by Crippen LogP contribution is 2.19. The molecule has 1 aliphatic heterocycles. The summed E-state index contributed by atoms with van der Waals surface area (Å²) < 4.78 is 0. The minimum atomic E-state index is -0.993. The zero-order chi connectivity index (χ0) is 14.5. The molecule has 1 saturated heterocycles. The molecule has 1 fully saturated rings. The molecule has 1 N–H and O–H groups in total. The highest BCUT2D eigenvalue weighted by atomic mass is 32.2. The first-order valence-corrected chi connectivity index (χ1v) is 7.64. The van der Waals surface area contributed by atoms with E-state index in [2.05, 4.69) is 11.9 Å². The van der Waals surface area contributed by atoms with E-state index in [0.29, 0.717) is 16.7 Å². The van der Waals surface area contributed by atoms with E-state index < -0.39 is 5.97 Å². The monoisotopic (exact) mass is 294 g/mol. The number of carboxylic acids is 1. The Kier molecular flexibility index (Phi) is 5.00. The lowest BCUT2D eigenvalue weighted by molar-refractivity contribution is -0.130. The minimum Gasteiger partial charge on any atom is -0.478 e. The molecule has 0 saturated carbocycles. The third-order valence-electron chi connectivity index (χ3n) is 3.34. The maximum atomic E-state index is 12.1. The summed E-state index contributed by atoms with van der Waals surface area (Å²) in [5, 5.41) is 9.46. The summed E-state index contributed by atoms with van der Waals surface area (Å²) in [5.74, 6) is 0.0651. The molecule has 1 amide bonds. The van der Waals surface area contributed by atoms with Gasteiger partial charge in [0, 0.05) is 19.3 Å². The van der Waals surface area contributed by atoms with Crippen LogP contribution in [0, 0.1) is 5.92 Å². The number of rotatable bonds is 4. The van der Waals surface area contributed by atoms with Gasteiger partial charge in [0.2, 0.25) is 5.91 Å². The van der Waals surface area contributed by atoms with Gasteiger partial charge in [0.15, 0.2) is 0 Å².